The predicted molar refractivity (Wildman–Crippen MR) is 78.2 cm³/mol. The molecular formula is C15H23NOS. The highest BCUT2D eigenvalue weighted by Gasteiger charge is 2.20. The van der Waals surface area contributed by atoms with Gasteiger partial charge in [-0.15, -0.1) is 11.8 Å². The molecule has 3 heteroatoms. The van der Waals surface area contributed by atoms with Gasteiger partial charge in [-0.1, -0.05) is 13.0 Å². The minimum absolute atomic E-state index is 0.262. The van der Waals surface area contributed by atoms with Gasteiger partial charge in [0.1, 0.15) is 0 Å². The third-order valence-corrected chi connectivity index (χ3v) is 4.41. The van der Waals surface area contributed by atoms with E-state index in [1.807, 2.05) is 11.8 Å². The molecule has 2 rings (SSSR count). The molecule has 0 bridgehead atoms. The van der Waals surface area contributed by atoms with Gasteiger partial charge in [0, 0.05) is 24.1 Å². The van der Waals surface area contributed by atoms with Gasteiger partial charge in [-0.05, 0) is 54.7 Å². The van der Waals surface area contributed by atoms with Gasteiger partial charge in [0.2, 0.25) is 0 Å². The average Bonchev–Trinajstić information content (AvgIpc) is 2.43. The van der Waals surface area contributed by atoms with Crippen molar-refractivity contribution in [1.29, 1.82) is 0 Å². The van der Waals surface area contributed by atoms with Crippen molar-refractivity contribution in [3.8, 4) is 0 Å². The Bertz CT molecular complexity index is 394. The highest BCUT2D eigenvalue weighted by atomic mass is 32.2. The van der Waals surface area contributed by atoms with Gasteiger partial charge in [-0.25, -0.2) is 0 Å². The SMILES string of the molecule is CSc1ccc2c(c1)CCCC2NCC(C)CO. The average molecular weight is 265 g/mol. The van der Waals surface area contributed by atoms with Crippen molar-refractivity contribution in [3.05, 3.63) is 29.3 Å². The van der Waals surface area contributed by atoms with Gasteiger partial charge in [0.15, 0.2) is 0 Å². The predicted octanol–water partition coefficient (Wildman–Crippen LogP) is 3.00. The Kier molecular flexibility index (Phi) is 5.10. The molecule has 0 aliphatic heterocycles. The first-order valence-corrected chi connectivity index (χ1v) is 7.98. The van der Waals surface area contributed by atoms with Crippen molar-refractivity contribution in [3.63, 3.8) is 0 Å². The molecule has 0 saturated carbocycles. The molecule has 1 aliphatic rings. The minimum Gasteiger partial charge on any atom is -0.396 e. The van der Waals surface area contributed by atoms with E-state index in [4.69, 9.17) is 5.11 Å². The van der Waals surface area contributed by atoms with Gasteiger partial charge in [0.05, 0.1) is 0 Å². The van der Waals surface area contributed by atoms with Gasteiger partial charge in [0.25, 0.3) is 0 Å². The summed E-state index contributed by atoms with van der Waals surface area (Å²) in [5, 5.41) is 12.7. The highest BCUT2D eigenvalue weighted by molar-refractivity contribution is 7.98. The number of nitrogens with one attached hydrogen (secondary N) is 1. The Morgan fingerprint density at radius 1 is 1.50 bits per heavy atom. The summed E-state index contributed by atoms with van der Waals surface area (Å²) in [6, 6.07) is 7.31. The Hall–Kier alpha value is -0.510. The second-order valence-corrected chi connectivity index (χ2v) is 6.09. The van der Waals surface area contributed by atoms with Crippen molar-refractivity contribution < 1.29 is 5.11 Å². The number of hydrogen-bond donors (Lipinski definition) is 2. The van der Waals surface area contributed by atoms with Crippen LogP contribution >= 0.6 is 11.8 Å². The fourth-order valence-corrected chi connectivity index (χ4v) is 3.00. The molecule has 0 spiro atoms. The molecule has 0 saturated heterocycles. The van der Waals surface area contributed by atoms with Crippen LogP contribution in [0.25, 0.3) is 0 Å². The van der Waals surface area contributed by atoms with E-state index in [2.05, 4.69) is 36.7 Å². The fourth-order valence-electron chi connectivity index (χ4n) is 2.54. The van der Waals surface area contributed by atoms with Gasteiger partial charge < -0.3 is 10.4 Å². The van der Waals surface area contributed by atoms with Crippen LogP contribution in [0.4, 0.5) is 0 Å². The molecule has 18 heavy (non-hydrogen) atoms. The third kappa shape index (κ3) is 3.28. The molecule has 2 atom stereocenters. The van der Waals surface area contributed by atoms with Crippen LogP contribution in [0.3, 0.4) is 0 Å². The number of aliphatic hydroxyl groups excluding tert-OH is 1. The minimum atomic E-state index is 0.262. The smallest absolute Gasteiger partial charge is 0.0468 e. The summed E-state index contributed by atoms with van der Waals surface area (Å²) in [5.74, 6) is 0.334. The monoisotopic (exact) mass is 265 g/mol. The highest BCUT2D eigenvalue weighted by Crippen LogP contribution is 2.32. The van der Waals surface area contributed by atoms with E-state index in [-0.39, 0.29) is 6.61 Å². The number of hydrogen-bond acceptors (Lipinski definition) is 3. The van der Waals surface area contributed by atoms with Crippen LogP contribution < -0.4 is 5.32 Å². The van der Waals surface area contributed by atoms with E-state index >= 15 is 0 Å². The fraction of sp³-hybridized carbons (Fsp3) is 0.600. The maximum absolute atomic E-state index is 9.09. The molecule has 0 radical (unpaired) electrons. The van der Waals surface area contributed by atoms with Crippen LogP contribution in [0.1, 0.15) is 36.9 Å². The zero-order valence-corrected chi connectivity index (χ0v) is 12.1. The van der Waals surface area contributed by atoms with Crippen LogP contribution in [-0.2, 0) is 6.42 Å². The number of rotatable bonds is 5. The summed E-state index contributed by atoms with van der Waals surface area (Å²) < 4.78 is 0. The van der Waals surface area contributed by atoms with Crippen LogP contribution in [0.15, 0.2) is 23.1 Å². The maximum atomic E-state index is 9.09. The number of thioether (sulfide) groups is 1. The summed E-state index contributed by atoms with van der Waals surface area (Å²) in [4.78, 5) is 1.36. The van der Waals surface area contributed by atoms with E-state index in [1.54, 1.807) is 0 Å². The van der Waals surface area contributed by atoms with Crippen molar-refractivity contribution >= 4 is 11.8 Å². The zero-order chi connectivity index (χ0) is 13.0. The quantitative estimate of drug-likeness (QED) is 0.803. The summed E-state index contributed by atoms with van der Waals surface area (Å²) in [5.41, 5.74) is 2.96. The molecule has 2 unspecified atom stereocenters. The molecular weight excluding hydrogens is 242 g/mol. The Labute approximate surface area is 114 Å². The third-order valence-electron chi connectivity index (χ3n) is 3.69. The second kappa shape index (κ2) is 6.60. The van der Waals surface area contributed by atoms with Crippen LogP contribution in [-0.4, -0.2) is 24.5 Å². The number of aliphatic hydroxyl groups is 1. The standard InChI is InChI=1S/C15H23NOS/c1-11(10-17)9-16-15-5-3-4-12-8-13(18-2)6-7-14(12)15/h6-8,11,15-17H,3-5,9-10H2,1-2H3. The van der Waals surface area contributed by atoms with Crippen LogP contribution in [0.5, 0.6) is 0 Å². The summed E-state index contributed by atoms with van der Waals surface area (Å²) >= 11 is 1.81. The Balaban J connectivity index is 2.08. The number of fused-ring (bicyclic) bond motifs is 1. The lowest BCUT2D eigenvalue weighted by Gasteiger charge is -2.28. The molecule has 0 fully saturated rings. The van der Waals surface area contributed by atoms with Crippen molar-refractivity contribution in [2.75, 3.05) is 19.4 Å². The Morgan fingerprint density at radius 3 is 3.06 bits per heavy atom. The number of aryl methyl sites for hydroxylation is 1. The lowest BCUT2D eigenvalue weighted by Crippen LogP contribution is -2.30. The van der Waals surface area contributed by atoms with E-state index in [0.717, 1.165) is 6.54 Å². The van der Waals surface area contributed by atoms with Gasteiger partial charge in [-0.3, -0.25) is 0 Å². The second-order valence-electron chi connectivity index (χ2n) is 5.21. The van der Waals surface area contributed by atoms with Gasteiger partial charge in [-0.2, -0.15) is 0 Å². The first-order chi connectivity index (χ1) is 8.74. The van der Waals surface area contributed by atoms with E-state index in [1.165, 1.54) is 35.3 Å². The molecule has 2 nitrogen and oxygen atoms in total. The molecule has 1 aliphatic carbocycles. The lowest BCUT2D eigenvalue weighted by atomic mass is 9.87. The largest absolute Gasteiger partial charge is 0.396 e. The normalized spacial score (nSPS) is 20.5. The molecule has 0 amide bonds. The van der Waals surface area contributed by atoms with E-state index in [0.29, 0.717) is 12.0 Å². The lowest BCUT2D eigenvalue weighted by molar-refractivity contribution is 0.228. The Morgan fingerprint density at radius 2 is 2.33 bits per heavy atom. The molecule has 100 valence electrons. The first-order valence-electron chi connectivity index (χ1n) is 6.75. The maximum Gasteiger partial charge on any atom is 0.0468 e. The van der Waals surface area contributed by atoms with E-state index < -0.39 is 0 Å². The molecule has 1 aromatic carbocycles. The van der Waals surface area contributed by atoms with Crippen LogP contribution in [0.2, 0.25) is 0 Å². The summed E-state index contributed by atoms with van der Waals surface area (Å²) in [6.07, 6.45) is 5.81. The zero-order valence-electron chi connectivity index (χ0n) is 11.3. The van der Waals surface area contributed by atoms with Crippen LogP contribution in [0, 0.1) is 5.92 Å². The van der Waals surface area contributed by atoms with Gasteiger partial charge >= 0.3 is 0 Å². The molecule has 2 N–H and O–H groups in total. The molecule has 0 aromatic heterocycles. The number of benzene rings is 1. The van der Waals surface area contributed by atoms with E-state index in [9.17, 15) is 0 Å². The van der Waals surface area contributed by atoms with Crippen molar-refractivity contribution in [2.24, 2.45) is 5.92 Å². The molecule has 1 aromatic rings. The van der Waals surface area contributed by atoms with Crippen molar-refractivity contribution in [2.45, 2.75) is 37.1 Å². The summed E-state index contributed by atoms with van der Waals surface area (Å²) in [7, 11) is 0. The molecule has 0 heterocycles. The van der Waals surface area contributed by atoms with Crippen molar-refractivity contribution in [1.82, 2.24) is 5.32 Å². The summed E-state index contributed by atoms with van der Waals surface area (Å²) in [6.45, 7) is 3.23. The first kappa shape index (κ1) is 13.9. The topological polar surface area (TPSA) is 32.3 Å².